The van der Waals surface area contributed by atoms with Crippen LogP contribution in [0, 0.1) is 6.92 Å². The van der Waals surface area contributed by atoms with Crippen LogP contribution < -0.4 is 10.6 Å². The van der Waals surface area contributed by atoms with Gasteiger partial charge in [-0.1, -0.05) is 86.8 Å². The van der Waals surface area contributed by atoms with E-state index in [2.05, 4.69) is 10.6 Å². The molecular formula is C25H31N3O3. The number of nitrogens with one attached hydrogen (secondary N) is 2. The van der Waals surface area contributed by atoms with Crippen LogP contribution in [0.2, 0.25) is 0 Å². The Hall–Kier alpha value is -3.15. The first-order valence-corrected chi connectivity index (χ1v) is 10.9. The lowest BCUT2D eigenvalue weighted by Gasteiger charge is -2.26. The van der Waals surface area contributed by atoms with Gasteiger partial charge in [0.2, 0.25) is 5.91 Å². The Balaban J connectivity index is 1.79. The highest BCUT2D eigenvalue weighted by atomic mass is 16.2. The first-order valence-electron chi connectivity index (χ1n) is 10.9. The minimum absolute atomic E-state index is 0.297. The van der Waals surface area contributed by atoms with Crippen molar-refractivity contribution in [2.75, 3.05) is 6.54 Å². The third kappa shape index (κ3) is 4.95. The van der Waals surface area contributed by atoms with Crippen molar-refractivity contribution in [3.05, 3.63) is 71.3 Å². The number of imide groups is 1. The van der Waals surface area contributed by atoms with Gasteiger partial charge in [-0.25, -0.2) is 4.79 Å². The molecule has 31 heavy (non-hydrogen) atoms. The van der Waals surface area contributed by atoms with Crippen molar-refractivity contribution < 1.29 is 14.4 Å². The third-order valence-corrected chi connectivity index (χ3v) is 5.75. The van der Waals surface area contributed by atoms with Crippen molar-refractivity contribution in [2.45, 2.75) is 58.0 Å². The molecule has 2 aromatic rings. The lowest BCUT2D eigenvalue weighted by molar-refractivity contribution is -0.135. The van der Waals surface area contributed by atoms with Crippen LogP contribution in [0.3, 0.4) is 0 Å². The lowest BCUT2D eigenvalue weighted by atomic mass is 9.88. The zero-order chi connectivity index (χ0) is 22.4. The van der Waals surface area contributed by atoms with Crippen molar-refractivity contribution in [1.29, 1.82) is 0 Å². The molecule has 2 aromatic carbocycles. The van der Waals surface area contributed by atoms with E-state index < -0.39 is 11.6 Å². The number of amides is 4. The molecule has 0 radical (unpaired) electrons. The fourth-order valence-electron chi connectivity index (χ4n) is 4.25. The Morgan fingerprint density at radius 2 is 1.55 bits per heavy atom. The van der Waals surface area contributed by atoms with Gasteiger partial charge in [-0.05, 0) is 30.9 Å². The monoisotopic (exact) mass is 421 g/mol. The van der Waals surface area contributed by atoms with Gasteiger partial charge >= 0.3 is 6.03 Å². The molecular weight excluding hydrogens is 390 g/mol. The largest absolute Gasteiger partial charge is 0.344 e. The van der Waals surface area contributed by atoms with Gasteiger partial charge in [-0.3, -0.25) is 14.5 Å². The molecule has 1 aliphatic heterocycles. The molecule has 0 bridgehead atoms. The van der Waals surface area contributed by atoms with E-state index in [9.17, 15) is 14.4 Å². The number of urea groups is 1. The van der Waals surface area contributed by atoms with Crippen molar-refractivity contribution in [3.8, 4) is 0 Å². The number of hydrogen-bond donors (Lipinski definition) is 2. The van der Waals surface area contributed by atoms with Gasteiger partial charge in [0.25, 0.3) is 5.91 Å². The molecule has 1 aliphatic rings. The highest BCUT2D eigenvalue weighted by Gasteiger charge is 2.50. The van der Waals surface area contributed by atoms with Crippen molar-refractivity contribution in [1.82, 2.24) is 15.5 Å². The smallest absolute Gasteiger partial charge is 0.325 e. The Morgan fingerprint density at radius 3 is 2.13 bits per heavy atom. The quantitative estimate of drug-likeness (QED) is 0.599. The van der Waals surface area contributed by atoms with E-state index in [0.717, 1.165) is 34.4 Å². The Kier molecular flexibility index (Phi) is 7.10. The summed E-state index contributed by atoms with van der Waals surface area (Å²) in [6, 6.07) is 16.8. The van der Waals surface area contributed by atoms with Gasteiger partial charge in [0, 0.05) is 0 Å². The average Bonchev–Trinajstić information content (AvgIpc) is 2.98. The summed E-state index contributed by atoms with van der Waals surface area (Å²) in [4.78, 5) is 39.7. The molecule has 6 nitrogen and oxygen atoms in total. The van der Waals surface area contributed by atoms with E-state index in [1.54, 1.807) is 0 Å². The summed E-state index contributed by atoms with van der Waals surface area (Å²) in [5.41, 5.74) is 2.11. The summed E-state index contributed by atoms with van der Waals surface area (Å²) in [6.07, 6.45) is 2.68. The van der Waals surface area contributed by atoms with Crippen LogP contribution in [-0.4, -0.2) is 34.8 Å². The maximum absolute atomic E-state index is 13.1. The van der Waals surface area contributed by atoms with Gasteiger partial charge in [-0.15, -0.1) is 0 Å². The molecule has 0 saturated carbocycles. The Morgan fingerprint density at radius 1 is 0.968 bits per heavy atom. The number of nitrogens with zero attached hydrogens (tertiary/aromatic N) is 1. The number of benzene rings is 2. The second-order valence-electron chi connectivity index (χ2n) is 8.23. The third-order valence-electron chi connectivity index (χ3n) is 5.75. The zero-order valence-electron chi connectivity index (χ0n) is 18.5. The average molecular weight is 422 g/mol. The lowest BCUT2D eigenvalue weighted by Crippen LogP contribution is -2.47. The Labute approximate surface area is 184 Å². The van der Waals surface area contributed by atoms with Crippen molar-refractivity contribution in [3.63, 3.8) is 0 Å². The Bertz CT molecular complexity index is 919. The van der Waals surface area contributed by atoms with Crippen molar-refractivity contribution in [2.24, 2.45) is 0 Å². The highest BCUT2D eigenvalue weighted by Crippen LogP contribution is 2.28. The van der Waals surface area contributed by atoms with Gasteiger partial charge in [-0.2, -0.15) is 0 Å². The van der Waals surface area contributed by atoms with E-state index in [0.29, 0.717) is 12.8 Å². The van der Waals surface area contributed by atoms with E-state index in [4.69, 9.17) is 0 Å². The predicted octanol–water partition coefficient (Wildman–Crippen LogP) is 4.09. The number of carbonyl (C=O) groups excluding carboxylic acids is 3. The molecule has 164 valence electrons. The fourth-order valence-corrected chi connectivity index (χ4v) is 4.25. The molecule has 0 spiro atoms. The number of hydrogen-bond acceptors (Lipinski definition) is 3. The minimum Gasteiger partial charge on any atom is -0.344 e. The molecule has 2 N–H and O–H groups in total. The number of carbonyl (C=O) groups is 3. The topological polar surface area (TPSA) is 78.5 Å². The van der Waals surface area contributed by atoms with Gasteiger partial charge < -0.3 is 10.6 Å². The molecule has 1 heterocycles. The van der Waals surface area contributed by atoms with Crippen LogP contribution in [0.1, 0.15) is 62.3 Å². The van der Waals surface area contributed by atoms with Gasteiger partial charge in [0.05, 0.1) is 6.04 Å². The highest BCUT2D eigenvalue weighted by molar-refractivity contribution is 6.09. The summed E-state index contributed by atoms with van der Waals surface area (Å²) < 4.78 is 0. The maximum Gasteiger partial charge on any atom is 0.325 e. The molecule has 0 aromatic heterocycles. The van der Waals surface area contributed by atoms with Crippen LogP contribution in [0.15, 0.2) is 54.6 Å². The normalized spacial score (nSPS) is 16.2. The fraction of sp³-hybridized carbons (Fsp3) is 0.400. The summed E-state index contributed by atoms with van der Waals surface area (Å²) in [6.45, 7) is 5.68. The summed E-state index contributed by atoms with van der Waals surface area (Å²) in [5, 5.41) is 5.87. The molecule has 0 aliphatic carbocycles. The van der Waals surface area contributed by atoms with Crippen LogP contribution in [0.25, 0.3) is 0 Å². The first-order chi connectivity index (χ1) is 14.9. The summed E-state index contributed by atoms with van der Waals surface area (Å²) >= 11 is 0. The number of rotatable bonds is 9. The second-order valence-corrected chi connectivity index (χ2v) is 8.23. The molecule has 1 atom stereocenters. The molecule has 6 heteroatoms. The van der Waals surface area contributed by atoms with E-state index >= 15 is 0 Å². The molecule has 4 amide bonds. The van der Waals surface area contributed by atoms with E-state index in [-0.39, 0.29) is 24.4 Å². The maximum atomic E-state index is 13.1. The SMILES string of the molecule is CCCC1(CCC)NC(=O)N(CC(=O)NC(c2ccccc2)c2ccc(C)cc2)C1=O. The van der Waals surface area contributed by atoms with Crippen LogP contribution in [0.4, 0.5) is 4.79 Å². The van der Waals surface area contributed by atoms with Crippen LogP contribution >= 0.6 is 0 Å². The summed E-state index contributed by atoms with van der Waals surface area (Å²) in [7, 11) is 0. The van der Waals surface area contributed by atoms with Gasteiger partial charge in [0.1, 0.15) is 12.1 Å². The first kappa shape index (κ1) is 22.5. The van der Waals surface area contributed by atoms with Crippen LogP contribution in [-0.2, 0) is 9.59 Å². The van der Waals surface area contributed by atoms with E-state index in [1.165, 1.54) is 0 Å². The van der Waals surface area contributed by atoms with Gasteiger partial charge in [0.15, 0.2) is 0 Å². The zero-order valence-corrected chi connectivity index (χ0v) is 18.5. The molecule has 3 rings (SSSR count). The van der Waals surface area contributed by atoms with Crippen LogP contribution in [0.5, 0.6) is 0 Å². The second kappa shape index (κ2) is 9.77. The number of aryl methyl sites for hydroxylation is 1. The predicted molar refractivity (Wildman–Crippen MR) is 120 cm³/mol. The minimum atomic E-state index is -0.892. The van der Waals surface area contributed by atoms with Crippen molar-refractivity contribution >= 4 is 17.8 Å². The van der Waals surface area contributed by atoms with E-state index in [1.807, 2.05) is 75.4 Å². The molecule has 1 saturated heterocycles. The summed E-state index contributed by atoms with van der Waals surface area (Å²) in [5.74, 6) is -0.676. The standard InChI is InChI=1S/C25H31N3O3/c1-4-15-25(16-5-2)23(30)28(24(31)27-25)17-21(29)26-22(19-9-7-6-8-10-19)20-13-11-18(3)12-14-20/h6-14,22H,4-5,15-17H2,1-3H3,(H,26,29)(H,27,31). The molecule has 1 unspecified atom stereocenters. The molecule has 1 fully saturated rings.